The van der Waals surface area contributed by atoms with E-state index in [1.165, 1.54) is 6.08 Å². The third kappa shape index (κ3) is 6.06. The highest BCUT2D eigenvalue weighted by molar-refractivity contribution is 6.31. The van der Waals surface area contributed by atoms with Gasteiger partial charge in [-0.15, -0.1) is 6.58 Å². The summed E-state index contributed by atoms with van der Waals surface area (Å²) >= 11 is 6.14. The van der Waals surface area contributed by atoms with Gasteiger partial charge < -0.3 is 14.8 Å². The molecule has 1 amide bonds. The second kappa shape index (κ2) is 11.7. The van der Waals surface area contributed by atoms with E-state index in [9.17, 15) is 10.1 Å². The second-order valence-corrected chi connectivity index (χ2v) is 7.92. The number of halogens is 1. The first-order valence-electron chi connectivity index (χ1n) is 10.6. The summed E-state index contributed by atoms with van der Waals surface area (Å²) in [6.45, 7) is 6.01. The number of nitrogens with one attached hydrogen (secondary N) is 1. The van der Waals surface area contributed by atoms with Crippen molar-refractivity contribution in [2.75, 3.05) is 12.4 Å². The maximum atomic E-state index is 12.8. The predicted octanol–water partition coefficient (Wildman–Crippen LogP) is 6.51. The smallest absolute Gasteiger partial charge is 0.266 e. The van der Waals surface area contributed by atoms with Gasteiger partial charge in [0.2, 0.25) is 0 Å². The number of carbonyl (C=O) groups is 1. The van der Waals surface area contributed by atoms with E-state index in [-0.39, 0.29) is 5.57 Å². The van der Waals surface area contributed by atoms with Crippen LogP contribution in [0.4, 0.5) is 5.69 Å². The van der Waals surface area contributed by atoms with Crippen molar-refractivity contribution in [2.24, 2.45) is 0 Å². The molecule has 0 aliphatic rings. The molecule has 172 valence electrons. The lowest BCUT2D eigenvalue weighted by atomic mass is 10.0. The van der Waals surface area contributed by atoms with Crippen LogP contribution < -0.4 is 14.8 Å². The van der Waals surface area contributed by atoms with Crippen LogP contribution in [-0.2, 0) is 17.8 Å². The van der Waals surface area contributed by atoms with Crippen molar-refractivity contribution in [1.82, 2.24) is 0 Å². The van der Waals surface area contributed by atoms with Crippen LogP contribution in [0.1, 0.15) is 22.3 Å². The normalized spacial score (nSPS) is 10.8. The molecular formula is C28H25ClN2O3. The average Bonchev–Trinajstić information content (AvgIpc) is 2.85. The standard InChI is InChI=1S/C28H25ClN2O3/c1-4-9-22-14-21(16-26(33-3)27(22)34-18-20-10-6-5-7-11-20)15-23(17-30)28(32)31-25-13-8-12-24(29)19(25)2/h4-8,10-16H,1,9,18H2,2-3H3,(H,31,32)/b23-15+. The molecule has 0 spiro atoms. The molecule has 1 N–H and O–H groups in total. The molecule has 0 atom stereocenters. The minimum atomic E-state index is -0.526. The number of amides is 1. The maximum Gasteiger partial charge on any atom is 0.266 e. The van der Waals surface area contributed by atoms with Crippen molar-refractivity contribution >= 4 is 29.3 Å². The van der Waals surface area contributed by atoms with E-state index in [1.54, 1.807) is 44.4 Å². The molecule has 6 heteroatoms. The third-order valence-corrected chi connectivity index (χ3v) is 5.57. The summed E-state index contributed by atoms with van der Waals surface area (Å²) in [7, 11) is 1.55. The monoisotopic (exact) mass is 472 g/mol. The van der Waals surface area contributed by atoms with E-state index < -0.39 is 5.91 Å². The van der Waals surface area contributed by atoms with Crippen molar-refractivity contribution < 1.29 is 14.3 Å². The predicted molar refractivity (Wildman–Crippen MR) is 136 cm³/mol. The second-order valence-electron chi connectivity index (χ2n) is 7.51. The topological polar surface area (TPSA) is 71.4 Å². The van der Waals surface area contributed by atoms with E-state index in [0.717, 1.165) is 16.7 Å². The Labute approximate surface area is 204 Å². The summed E-state index contributed by atoms with van der Waals surface area (Å²) in [5, 5.41) is 12.9. The number of nitriles is 1. The molecule has 3 rings (SSSR count). The van der Waals surface area contributed by atoms with Gasteiger partial charge in [0, 0.05) is 16.3 Å². The van der Waals surface area contributed by atoms with Gasteiger partial charge in [0.05, 0.1) is 7.11 Å². The minimum absolute atomic E-state index is 0.0519. The number of allylic oxidation sites excluding steroid dienone is 1. The lowest BCUT2D eigenvalue weighted by Gasteiger charge is -2.16. The molecule has 0 aromatic heterocycles. The lowest BCUT2D eigenvalue weighted by molar-refractivity contribution is -0.112. The number of hydrogen-bond acceptors (Lipinski definition) is 4. The molecule has 0 bridgehead atoms. The molecule has 3 aromatic rings. The van der Waals surface area contributed by atoms with E-state index in [2.05, 4.69) is 11.9 Å². The van der Waals surface area contributed by atoms with Gasteiger partial charge in [0.1, 0.15) is 18.2 Å². The van der Waals surface area contributed by atoms with Crippen LogP contribution >= 0.6 is 11.6 Å². The number of anilines is 1. The molecule has 0 saturated heterocycles. The number of ether oxygens (including phenoxy) is 2. The first-order valence-corrected chi connectivity index (χ1v) is 11.0. The van der Waals surface area contributed by atoms with Crippen LogP contribution in [0.5, 0.6) is 11.5 Å². The molecule has 0 radical (unpaired) electrons. The van der Waals surface area contributed by atoms with Crippen molar-refractivity contribution in [2.45, 2.75) is 20.0 Å². The van der Waals surface area contributed by atoms with Gasteiger partial charge in [-0.05, 0) is 60.4 Å². The third-order valence-electron chi connectivity index (χ3n) is 5.16. The van der Waals surface area contributed by atoms with Crippen LogP contribution in [0.15, 0.2) is 78.9 Å². The van der Waals surface area contributed by atoms with Gasteiger partial charge in [-0.25, -0.2) is 0 Å². The molecule has 34 heavy (non-hydrogen) atoms. The Hall–Kier alpha value is -4.01. The van der Waals surface area contributed by atoms with Crippen LogP contribution in [0.2, 0.25) is 5.02 Å². The number of hydrogen-bond donors (Lipinski definition) is 1. The zero-order valence-corrected chi connectivity index (χ0v) is 19.9. The zero-order chi connectivity index (χ0) is 24.5. The summed E-state index contributed by atoms with van der Waals surface area (Å²) in [4.78, 5) is 12.8. The largest absolute Gasteiger partial charge is 0.493 e. The summed E-state index contributed by atoms with van der Waals surface area (Å²) in [6.07, 6.45) is 3.81. The van der Waals surface area contributed by atoms with Crippen molar-refractivity contribution in [1.29, 1.82) is 5.26 Å². The molecular weight excluding hydrogens is 448 g/mol. The van der Waals surface area contributed by atoms with Gasteiger partial charge >= 0.3 is 0 Å². The van der Waals surface area contributed by atoms with Crippen LogP contribution in [0, 0.1) is 18.3 Å². The van der Waals surface area contributed by atoms with Gasteiger partial charge in [-0.2, -0.15) is 5.26 Å². The van der Waals surface area contributed by atoms with Gasteiger partial charge in [-0.1, -0.05) is 54.1 Å². The molecule has 0 unspecified atom stereocenters. The number of nitrogens with zero attached hydrogens (tertiary/aromatic N) is 1. The molecule has 0 aliphatic heterocycles. The highest BCUT2D eigenvalue weighted by Gasteiger charge is 2.16. The number of rotatable bonds is 9. The van der Waals surface area contributed by atoms with Crippen molar-refractivity contribution in [3.8, 4) is 17.6 Å². The highest BCUT2D eigenvalue weighted by Crippen LogP contribution is 2.35. The molecule has 0 heterocycles. The maximum absolute atomic E-state index is 12.8. The summed E-state index contributed by atoms with van der Waals surface area (Å²) in [6, 6.07) is 20.6. The Morgan fingerprint density at radius 2 is 1.94 bits per heavy atom. The van der Waals surface area contributed by atoms with Crippen LogP contribution in [-0.4, -0.2) is 13.0 Å². The van der Waals surface area contributed by atoms with Crippen molar-refractivity contribution in [3.63, 3.8) is 0 Å². The summed E-state index contributed by atoms with van der Waals surface area (Å²) in [5.74, 6) is 0.576. The fourth-order valence-electron chi connectivity index (χ4n) is 3.37. The Kier molecular flexibility index (Phi) is 8.50. The average molecular weight is 473 g/mol. The first-order chi connectivity index (χ1) is 16.5. The summed E-state index contributed by atoms with van der Waals surface area (Å²) in [5.41, 5.74) is 3.72. The highest BCUT2D eigenvalue weighted by atomic mass is 35.5. The SMILES string of the molecule is C=CCc1cc(/C=C(\C#N)C(=O)Nc2cccc(Cl)c2C)cc(OC)c1OCc1ccccc1. The van der Waals surface area contributed by atoms with Crippen LogP contribution in [0.25, 0.3) is 6.08 Å². The Balaban J connectivity index is 1.91. The van der Waals surface area contributed by atoms with E-state index in [4.69, 9.17) is 21.1 Å². The Morgan fingerprint density at radius 1 is 1.18 bits per heavy atom. The zero-order valence-electron chi connectivity index (χ0n) is 19.1. The molecule has 5 nitrogen and oxygen atoms in total. The first kappa shape index (κ1) is 24.6. The Bertz CT molecular complexity index is 1260. The molecule has 0 fully saturated rings. The van der Waals surface area contributed by atoms with E-state index in [1.807, 2.05) is 42.5 Å². The van der Waals surface area contributed by atoms with E-state index >= 15 is 0 Å². The lowest BCUT2D eigenvalue weighted by Crippen LogP contribution is -2.14. The molecule has 3 aromatic carbocycles. The fraction of sp³-hybridized carbons (Fsp3) is 0.143. The number of carbonyl (C=O) groups excluding carboxylic acids is 1. The van der Waals surface area contributed by atoms with Gasteiger partial charge in [0.15, 0.2) is 11.5 Å². The molecule has 0 aliphatic carbocycles. The van der Waals surface area contributed by atoms with Crippen LogP contribution in [0.3, 0.4) is 0 Å². The quantitative estimate of drug-likeness (QED) is 0.219. The number of methoxy groups -OCH3 is 1. The van der Waals surface area contributed by atoms with Gasteiger partial charge in [-0.3, -0.25) is 4.79 Å². The van der Waals surface area contributed by atoms with Gasteiger partial charge in [0.25, 0.3) is 5.91 Å². The fourth-order valence-corrected chi connectivity index (χ4v) is 3.54. The van der Waals surface area contributed by atoms with E-state index in [0.29, 0.717) is 40.8 Å². The Morgan fingerprint density at radius 3 is 2.62 bits per heavy atom. The molecule has 0 saturated carbocycles. The number of benzene rings is 3. The minimum Gasteiger partial charge on any atom is -0.493 e. The van der Waals surface area contributed by atoms with Crippen molar-refractivity contribution in [3.05, 3.63) is 106 Å². The summed E-state index contributed by atoms with van der Waals surface area (Å²) < 4.78 is 11.7.